The zero-order valence-electron chi connectivity index (χ0n) is 11.1. The summed E-state index contributed by atoms with van der Waals surface area (Å²) in [6.07, 6.45) is 1.68. The van der Waals surface area contributed by atoms with Crippen LogP contribution in [0.25, 0.3) is 0 Å². The summed E-state index contributed by atoms with van der Waals surface area (Å²) in [6, 6.07) is 7.80. The van der Waals surface area contributed by atoms with Crippen LogP contribution in [-0.4, -0.2) is 16.0 Å². The highest BCUT2D eigenvalue weighted by atomic mass is 16.5. The summed E-state index contributed by atoms with van der Waals surface area (Å²) in [5.41, 5.74) is 2.00. The average Bonchev–Trinajstić information content (AvgIpc) is 2.83. The van der Waals surface area contributed by atoms with Gasteiger partial charge in [0.25, 0.3) is 0 Å². The molecule has 0 radical (unpaired) electrons. The van der Waals surface area contributed by atoms with Crippen LogP contribution in [0.15, 0.2) is 28.8 Å². The van der Waals surface area contributed by atoms with E-state index < -0.39 is 0 Å². The number of nitrogens with zero attached hydrogens (tertiary/aromatic N) is 2. The molecular formula is C14H17N3O2. The number of nitrogens with one attached hydrogen (secondary N) is 1. The highest BCUT2D eigenvalue weighted by Crippen LogP contribution is 2.15. The van der Waals surface area contributed by atoms with E-state index in [1.165, 1.54) is 0 Å². The van der Waals surface area contributed by atoms with E-state index >= 15 is 0 Å². The van der Waals surface area contributed by atoms with E-state index in [0.29, 0.717) is 24.6 Å². The molecule has 0 saturated heterocycles. The third kappa shape index (κ3) is 3.64. The summed E-state index contributed by atoms with van der Waals surface area (Å²) < 4.78 is 4.97. The Labute approximate surface area is 112 Å². The summed E-state index contributed by atoms with van der Waals surface area (Å²) >= 11 is 0. The van der Waals surface area contributed by atoms with E-state index in [4.69, 9.17) is 4.52 Å². The molecule has 1 amide bonds. The van der Waals surface area contributed by atoms with E-state index in [1.807, 2.05) is 24.3 Å². The van der Waals surface area contributed by atoms with Crippen LogP contribution in [0.2, 0.25) is 0 Å². The highest BCUT2D eigenvalue weighted by molar-refractivity contribution is 5.91. The number of rotatable bonds is 5. The summed E-state index contributed by atoms with van der Waals surface area (Å²) in [6.45, 7) is 3.82. The molecule has 2 aromatic rings. The summed E-state index contributed by atoms with van der Waals surface area (Å²) in [5.74, 6) is 1.04. The van der Waals surface area contributed by atoms with E-state index in [9.17, 15) is 4.79 Å². The van der Waals surface area contributed by atoms with Crippen LogP contribution in [0.5, 0.6) is 0 Å². The van der Waals surface area contributed by atoms with Crippen LogP contribution < -0.4 is 5.32 Å². The van der Waals surface area contributed by atoms with Gasteiger partial charge in [0.1, 0.15) is 0 Å². The molecule has 0 bridgehead atoms. The topological polar surface area (TPSA) is 68.0 Å². The normalized spacial score (nSPS) is 10.4. The Bertz CT molecular complexity index is 563. The first kappa shape index (κ1) is 13.3. The van der Waals surface area contributed by atoms with Gasteiger partial charge < -0.3 is 9.84 Å². The second kappa shape index (κ2) is 6.13. The fourth-order valence-electron chi connectivity index (χ4n) is 1.83. The highest BCUT2D eigenvalue weighted by Gasteiger charge is 2.09. The van der Waals surface area contributed by atoms with Crippen LogP contribution in [-0.2, 0) is 17.6 Å². The molecular weight excluding hydrogens is 242 g/mol. The number of carbonyl (C=O) groups is 1. The van der Waals surface area contributed by atoms with E-state index in [1.54, 1.807) is 6.92 Å². The van der Waals surface area contributed by atoms with E-state index in [2.05, 4.69) is 22.4 Å². The van der Waals surface area contributed by atoms with Crippen molar-refractivity contribution in [3.63, 3.8) is 0 Å². The Balaban J connectivity index is 1.90. The first-order valence-electron chi connectivity index (χ1n) is 6.36. The van der Waals surface area contributed by atoms with Gasteiger partial charge in [0.15, 0.2) is 5.82 Å². The maximum atomic E-state index is 11.9. The predicted molar refractivity (Wildman–Crippen MR) is 71.8 cm³/mol. The zero-order valence-corrected chi connectivity index (χ0v) is 11.1. The SMILES string of the molecule is CCc1ccccc1NC(=O)CCc1nc(C)no1. The number of carbonyl (C=O) groups excluding carboxylic acids is 1. The first-order chi connectivity index (χ1) is 9.19. The van der Waals surface area contributed by atoms with Gasteiger partial charge >= 0.3 is 0 Å². The second-order valence-corrected chi connectivity index (χ2v) is 4.29. The van der Waals surface area contributed by atoms with Crippen molar-refractivity contribution < 1.29 is 9.32 Å². The zero-order chi connectivity index (χ0) is 13.7. The van der Waals surface area contributed by atoms with Crippen molar-refractivity contribution in [2.24, 2.45) is 0 Å². The van der Waals surface area contributed by atoms with Crippen LogP contribution in [0.3, 0.4) is 0 Å². The van der Waals surface area contributed by atoms with Crippen molar-refractivity contribution in [2.45, 2.75) is 33.1 Å². The van der Waals surface area contributed by atoms with E-state index in [-0.39, 0.29) is 5.91 Å². The van der Waals surface area contributed by atoms with Gasteiger partial charge in [-0.3, -0.25) is 4.79 Å². The summed E-state index contributed by atoms with van der Waals surface area (Å²) in [4.78, 5) is 15.9. The van der Waals surface area contributed by atoms with Gasteiger partial charge in [-0.25, -0.2) is 0 Å². The number of hydrogen-bond acceptors (Lipinski definition) is 4. The van der Waals surface area contributed by atoms with Crippen LogP contribution in [0.1, 0.15) is 30.6 Å². The molecule has 5 nitrogen and oxygen atoms in total. The standard InChI is InChI=1S/C14H17N3O2/c1-3-11-6-4-5-7-12(11)16-13(18)8-9-14-15-10(2)17-19-14/h4-7H,3,8-9H2,1-2H3,(H,16,18). The fraction of sp³-hybridized carbons (Fsp3) is 0.357. The van der Waals surface area contributed by atoms with Gasteiger partial charge in [-0.2, -0.15) is 4.98 Å². The molecule has 0 aliphatic heterocycles. The minimum atomic E-state index is -0.0447. The number of aromatic nitrogens is 2. The van der Waals surface area contributed by atoms with Crippen molar-refractivity contribution in [3.05, 3.63) is 41.5 Å². The largest absolute Gasteiger partial charge is 0.339 e. The Hall–Kier alpha value is -2.17. The molecule has 0 atom stereocenters. The molecule has 19 heavy (non-hydrogen) atoms. The summed E-state index contributed by atoms with van der Waals surface area (Å²) in [5, 5.41) is 6.60. The fourth-order valence-corrected chi connectivity index (χ4v) is 1.83. The molecule has 5 heteroatoms. The van der Waals surface area contributed by atoms with Crippen molar-refractivity contribution in [1.29, 1.82) is 0 Å². The van der Waals surface area contributed by atoms with Gasteiger partial charge in [0.05, 0.1) is 0 Å². The van der Waals surface area contributed by atoms with Gasteiger partial charge in [-0.1, -0.05) is 30.3 Å². The van der Waals surface area contributed by atoms with E-state index in [0.717, 1.165) is 17.7 Å². The van der Waals surface area contributed by atoms with Crippen LogP contribution in [0, 0.1) is 6.92 Å². The third-order valence-corrected chi connectivity index (χ3v) is 2.81. The number of amides is 1. The number of anilines is 1. The molecule has 0 saturated carbocycles. The molecule has 100 valence electrons. The quantitative estimate of drug-likeness (QED) is 0.895. The molecule has 0 spiro atoms. The molecule has 1 N–H and O–H groups in total. The van der Waals surface area contributed by atoms with Crippen molar-refractivity contribution in [1.82, 2.24) is 10.1 Å². The molecule has 1 heterocycles. The monoisotopic (exact) mass is 259 g/mol. The summed E-state index contributed by atoms with van der Waals surface area (Å²) in [7, 11) is 0. The van der Waals surface area contributed by atoms with Crippen molar-refractivity contribution in [3.8, 4) is 0 Å². The van der Waals surface area contributed by atoms with Crippen LogP contribution >= 0.6 is 0 Å². The molecule has 0 unspecified atom stereocenters. The predicted octanol–water partition coefficient (Wildman–Crippen LogP) is 2.51. The lowest BCUT2D eigenvalue weighted by molar-refractivity contribution is -0.116. The molecule has 1 aromatic heterocycles. The van der Waals surface area contributed by atoms with Gasteiger partial charge in [-0.05, 0) is 25.0 Å². The van der Waals surface area contributed by atoms with Gasteiger partial charge in [0, 0.05) is 18.5 Å². The molecule has 1 aromatic carbocycles. The third-order valence-electron chi connectivity index (χ3n) is 2.81. The molecule has 2 rings (SSSR count). The van der Waals surface area contributed by atoms with Crippen LogP contribution in [0.4, 0.5) is 5.69 Å². The van der Waals surface area contributed by atoms with Gasteiger partial charge in [-0.15, -0.1) is 0 Å². The number of aryl methyl sites for hydroxylation is 3. The Morgan fingerprint density at radius 1 is 1.37 bits per heavy atom. The minimum absolute atomic E-state index is 0.0447. The number of para-hydroxylation sites is 1. The Morgan fingerprint density at radius 2 is 2.16 bits per heavy atom. The molecule has 0 aliphatic carbocycles. The Kier molecular flexibility index (Phi) is 4.28. The van der Waals surface area contributed by atoms with Crippen molar-refractivity contribution in [2.75, 3.05) is 5.32 Å². The second-order valence-electron chi connectivity index (χ2n) is 4.29. The maximum absolute atomic E-state index is 11.9. The smallest absolute Gasteiger partial charge is 0.227 e. The minimum Gasteiger partial charge on any atom is -0.339 e. The van der Waals surface area contributed by atoms with Gasteiger partial charge in [0.2, 0.25) is 11.8 Å². The lowest BCUT2D eigenvalue weighted by atomic mass is 10.1. The lowest BCUT2D eigenvalue weighted by Gasteiger charge is -2.08. The maximum Gasteiger partial charge on any atom is 0.227 e. The molecule has 0 aliphatic rings. The first-order valence-corrected chi connectivity index (χ1v) is 6.36. The Morgan fingerprint density at radius 3 is 2.84 bits per heavy atom. The average molecular weight is 259 g/mol. The molecule has 0 fully saturated rings. The number of benzene rings is 1. The van der Waals surface area contributed by atoms with Crippen molar-refractivity contribution >= 4 is 11.6 Å². The number of hydrogen-bond donors (Lipinski definition) is 1. The lowest BCUT2D eigenvalue weighted by Crippen LogP contribution is -2.13.